The summed E-state index contributed by atoms with van der Waals surface area (Å²) in [7, 11) is 0. The molecule has 1 aliphatic heterocycles. The van der Waals surface area contributed by atoms with Crippen LogP contribution in [0.15, 0.2) is 18.2 Å². The van der Waals surface area contributed by atoms with E-state index in [-0.39, 0.29) is 6.79 Å². The largest absolute Gasteiger partial charge is 0.454 e. The maximum atomic E-state index is 5.54. The van der Waals surface area contributed by atoms with Gasteiger partial charge in [0.15, 0.2) is 17.3 Å². The van der Waals surface area contributed by atoms with Gasteiger partial charge in [-0.25, -0.2) is 15.0 Å². The molecule has 1 aromatic heterocycles. The Kier molecular flexibility index (Phi) is 3.00. The minimum atomic E-state index is 0.257. The van der Waals surface area contributed by atoms with E-state index in [2.05, 4.69) is 15.0 Å². The fraction of sp³-hybridized carbons (Fsp3) is 0.308. The molecular weight excluding hydrogens is 244 g/mol. The van der Waals surface area contributed by atoms with Crippen molar-refractivity contribution in [2.75, 3.05) is 13.3 Å². The van der Waals surface area contributed by atoms with Crippen molar-refractivity contribution in [3.05, 3.63) is 29.8 Å². The van der Waals surface area contributed by atoms with Gasteiger partial charge in [-0.3, -0.25) is 0 Å². The molecular formula is C13H14N4O2. The lowest BCUT2D eigenvalue weighted by Crippen LogP contribution is -2.09. The molecule has 0 atom stereocenters. The summed E-state index contributed by atoms with van der Waals surface area (Å²) in [6, 6.07) is 5.65. The van der Waals surface area contributed by atoms with E-state index >= 15 is 0 Å². The quantitative estimate of drug-likeness (QED) is 0.886. The fourth-order valence-electron chi connectivity index (χ4n) is 1.94. The third kappa shape index (κ3) is 2.34. The summed E-state index contributed by atoms with van der Waals surface area (Å²) in [5.41, 5.74) is 6.42. The summed E-state index contributed by atoms with van der Waals surface area (Å²) < 4.78 is 10.6. The summed E-state index contributed by atoms with van der Waals surface area (Å²) in [4.78, 5) is 13.0. The molecule has 3 rings (SSSR count). The molecule has 1 aliphatic rings. The molecule has 0 fully saturated rings. The second-order valence-corrected chi connectivity index (χ2v) is 4.23. The van der Waals surface area contributed by atoms with Crippen LogP contribution in [-0.4, -0.2) is 28.3 Å². The second-order valence-electron chi connectivity index (χ2n) is 4.23. The third-order valence-electron chi connectivity index (χ3n) is 2.79. The van der Waals surface area contributed by atoms with Crippen molar-refractivity contribution in [1.29, 1.82) is 0 Å². The summed E-state index contributed by atoms with van der Waals surface area (Å²) in [5.74, 6) is 3.50. The molecule has 2 N–H and O–H groups in total. The number of nitrogens with two attached hydrogens (primary N) is 1. The number of aryl methyl sites for hydroxylation is 1. The number of hydrogen-bond donors (Lipinski definition) is 1. The van der Waals surface area contributed by atoms with Crippen molar-refractivity contribution in [2.45, 2.75) is 13.3 Å². The smallest absolute Gasteiger partial charge is 0.231 e. The van der Waals surface area contributed by atoms with Crippen molar-refractivity contribution in [2.24, 2.45) is 5.73 Å². The number of ether oxygens (including phenoxy) is 2. The monoisotopic (exact) mass is 258 g/mol. The lowest BCUT2D eigenvalue weighted by atomic mass is 10.2. The van der Waals surface area contributed by atoms with E-state index in [1.165, 1.54) is 0 Å². The standard InChI is InChI=1S/C13H14N4O2/c1-8-15-12(4-5-14)17-13(16-8)9-2-3-10-11(6-9)19-7-18-10/h2-3,6H,4-5,7,14H2,1H3. The Bertz CT molecular complexity index is 616. The van der Waals surface area contributed by atoms with Crippen LogP contribution in [0.1, 0.15) is 11.6 Å². The summed E-state index contributed by atoms with van der Waals surface area (Å²) in [6.07, 6.45) is 0.640. The highest BCUT2D eigenvalue weighted by Gasteiger charge is 2.15. The van der Waals surface area contributed by atoms with E-state index in [1.807, 2.05) is 25.1 Å². The van der Waals surface area contributed by atoms with E-state index in [9.17, 15) is 0 Å². The van der Waals surface area contributed by atoms with E-state index < -0.39 is 0 Å². The lowest BCUT2D eigenvalue weighted by molar-refractivity contribution is 0.174. The van der Waals surface area contributed by atoms with Crippen LogP contribution in [0.4, 0.5) is 0 Å². The van der Waals surface area contributed by atoms with Gasteiger partial charge < -0.3 is 15.2 Å². The zero-order valence-corrected chi connectivity index (χ0v) is 10.6. The van der Waals surface area contributed by atoms with Gasteiger partial charge in [-0.15, -0.1) is 0 Å². The first-order chi connectivity index (χ1) is 9.26. The summed E-state index contributed by atoms with van der Waals surface area (Å²) >= 11 is 0. The zero-order valence-electron chi connectivity index (χ0n) is 10.6. The molecule has 0 radical (unpaired) electrons. The Morgan fingerprint density at radius 2 is 2.00 bits per heavy atom. The first-order valence-electron chi connectivity index (χ1n) is 6.08. The van der Waals surface area contributed by atoms with Crippen LogP contribution in [0.2, 0.25) is 0 Å². The van der Waals surface area contributed by atoms with Gasteiger partial charge in [-0.05, 0) is 31.7 Å². The van der Waals surface area contributed by atoms with Crippen LogP contribution < -0.4 is 15.2 Å². The first kappa shape index (κ1) is 11.9. The number of aromatic nitrogens is 3. The highest BCUT2D eigenvalue weighted by molar-refractivity contribution is 5.61. The molecule has 6 heteroatoms. The lowest BCUT2D eigenvalue weighted by Gasteiger charge is -2.05. The maximum Gasteiger partial charge on any atom is 0.231 e. The predicted molar refractivity (Wildman–Crippen MR) is 68.9 cm³/mol. The average Bonchev–Trinajstić information content (AvgIpc) is 2.85. The van der Waals surface area contributed by atoms with Crippen LogP contribution >= 0.6 is 0 Å². The molecule has 2 aromatic rings. The Hall–Kier alpha value is -2.21. The number of rotatable bonds is 3. The SMILES string of the molecule is Cc1nc(CCN)nc(-c2ccc3c(c2)OCO3)n1. The summed E-state index contributed by atoms with van der Waals surface area (Å²) in [6.45, 7) is 2.62. The van der Waals surface area contributed by atoms with Gasteiger partial charge in [0.25, 0.3) is 0 Å². The van der Waals surface area contributed by atoms with E-state index in [0.29, 0.717) is 30.4 Å². The summed E-state index contributed by atoms with van der Waals surface area (Å²) in [5, 5.41) is 0. The van der Waals surface area contributed by atoms with Crippen LogP contribution in [0, 0.1) is 6.92 Å². The van der Waals surface area contributed by atoms with Gasteiger partial charge in [0, 0.05) is 12.0 Å². The molecule has 0 amide bonds. The highest BCUT2D eigenvalue weighted by Crippen LogP contribution is 2.34. The van der Waals surface area contributed by atoms with Crippen LogP contribution in [-0.2, 0) is 6.42 Å². The van der Waals surface area contributed by atoms with Crippen molar-refractivity contribution in [3.8, 4) is 22.9 Å². The second kappa shape index (κ2) is 4.81. The minimum absolute atomic E-state index is 0.257. The molecule has 0 aliphatic carbocycles. The topological polar surface area (TPSA) is 83.2 Å². The maximum absolute atomic E-state index is 5.54. The van der Waals surface area contributed by atoms with Crippen molar-refractivity contribution >= 4 is 0 Å². The first-order valence-corrected chi connectivity index (χ1v) is 6.08. The Balaban J connectivity index is 2.01. The van der Waals surface area contributed by atoms with E-state index in [4.69, 9.17) is 15.2 Å². The van der Waals surface area contributed by atoms with Crippen LogP contribution in [0.3, 0.4) is 0 Å². The van der Waals surface area contributed by atoms with Gasteiger partial charge in [0.05, 0.1) is 0 Å². The van der Waals surface area contributed by atoms with Gasteiger partial charge in [-0.2, -0.15) is 0 Å². The van der Waals surface area contributed by atoms with Crippen molar-refractivity contribution in [1.82, 2.24) is 15.0 Å². The molecule has 19 heavy (non-hydrogen) atoms. The Morgan fingerprint density at radius 1 is 1.16 bits per heavy atom. The molecule has 0 bridgehead atoms. The van der Waals surface area contributed by atoms with Gasteiger partial charge in [0.2, 0.25) is 6.79 Å². The number of hydrogen-bond acceptors (Lipinski definition) is 6. The average molecular weight is 258 g/mol. The molecule has 0 saturated carbocycles. The molecule has 1 aromatic carbocycles. The van der Waals surface area contributed by atoms with E-state index in [1.54, 1.807) is 0 Å². The number of benzene rings is 1. The highest BCUT2D eigenvalue weighted by atomic mass is 16.7. The van der Waals surface area contributed by atoms with Crippen LogP contribution in [0.25, 0.3) is 11.4 Å². The Labute approximate surface area is 110 Å². The normalized spacial score (nSPS) is 12.7. The van der Waals surface area contributed by atoms with Gasteiger partial charge in [0.1, 0.15) is 11.6 Å². The molecule has 0 saturated heterocycles. The predicted octanol–water partition coefficient (Wildman–Crippen LogP) is 1.08. The molecule has 0 unspecified atom stereocenters. The van der Waals surface area contributed by atoms with Crippen molar-refractivity contribution in [3.63, 3.8) is 0 Å². The number of fused-ring (bicyclic) bond motifs is 1. The number of nitrogens with zero attached hydrogens (tertiary/aromatic N) is 3. The third-order valence-corrected chi connectivity index (χ3v) is 2.79. The van der Waals surface area contributed by atoms with Gasteiger partial charge >= 0.3 is 0 Å². The van der Waals surface area contributed by atoms with E-state index in [0.717, 1.165) is 17.1 Å². The molecule has 2 heterocycles. The molecule has 6 nitrogen and oxygen atoms in total. The Morgan fingerprint density at radius 3 is 2.84 bits per heavy atom. The minimum Gasteiger partial charge on any atom is -0.454 e. The van der Waals surface area contributed by atoms with Crippen LogP contribution in [0.5, 0.6) is 11.5 Å². The van der Waals surface area contributed by atoms with Crippen molar-refractivity contribution < 1.29 is 9.47 Å². The fourth-order valence-corrected chi connectivity index (χ4v) is 1.94. The molecule has 0 spiro atoms. The zero-order chi connectivity index (χ0) is 13.2. The molecule has 98 valence electrons. The van der Waals surface area contributed by atoms with Gasteiger partial charge in [-0.1, -0.05) is 0 Å².